The molecule has 1 N–H and O–H groups in total. The van der Waals surface area contributed by atoms with Gasteiger partial charge in [-0.2, -0.15) is 0 Å². The standard InChI is InChI=1S/C29H41ClN4O3/c1-20-18-25(32-27(22(3)21(20)2)23-8-10-24(30)11-9-23)19-26(35)31-12-7-13-33-14-16-34(17-15-33)28(36)37-29(4,5)6/h8-11,25H,3,7,12-19H2,1-2,4-6H3,(H,31,35). The number of allylic oxidation sites excluding steroid dienone is 2. The fraction of sp³-hybridized carbons (Fsp3) is 0.552. The first-order valence-electron chi connectivity index (χ1n) is 13.1. The highest BCUT2D eigenvalue weighted by atomic mass is 35.5. The number of rotatable bonds is 7. The number of aliphatic imine (C=N–C) groups is 1. The molecule has 1 aromatic rings. The lowest BCUT2D eigenvalue weighted by molar-refractivity contribution is -0.121. The van der Waals surface area contributed by atoms with E-state index >= 15 is 0 Å². The highest BCUT2D eigenvalue weighted by Gasteiger charge is 2.26. The van der Waals surface area contributed by atoms with Crippen molar-refractivity contribution in [2.24, 2.45) is 4.99 Å². The van der Waals surface area contributed by atoms with Gasteiger partial charge in [-0.15, -0.1) is 0 Å². The third-order valence-corrected chi connectivity index (χ3v) is 7.02. The van der Waals surface area contributed by atoms with Crippen molar-refractivity contribution >= 4 is 29.3 Å². The predicted octanol–water partition coefficient (Wildman–Crippen LogP) is 5.24. The van der Waals surface area contributed by atoms with Crippen molar-refractivity contribution < 1.29 is 14.3 Å². The Morgan fingerprint density at radius 1 is 1.14 bits per heavy atom. The van der Waals surface area contributed by atoms with Crippen LogP contribution in [-0.4, -0.2) is 78.4 Å². The number of hydrogen-bond donors (Lipinski definition) is 1. The number of carbonyl (C=O) groups excluding carboxylic acids is 2. The van der Waals surface area contributed by atoms with Crippen LogP contribution in [0.15, 0.2) is 52.6 Å². The Morgan fingerprint density at radius 3 is 2.41 bits per heavy atom. The summed E-state index contributed by atoms with van der Waals surface area (Å²) in [6, 6.07) is 7.46. The van der Waals surface area contributed by atoms with Crippen LogP contribution < -0.4 is 5.32 Å². The number of nitrogens with one attached hydrogen (secondary N) is 1. The van der Waals surface area contributed by atoms with Gasteiger partial charge in [-0.05, 0) is 77.3 Å². The number of hydrogen-bond acceptors (Lipinski definition) is 5. The lowest BCUT2D eigenvalue weighted by Crippen LogP contribution is -2.50. The van der Waals surface area contributed by atoms with E-state index in [1.807, 2.05) is 45.0 Å². The lowest BCUT2D eigenvalue weighted by atomic mass is 9.95. The SMILES string of the molecule is C=C1C(c2ccc(Cl)cc2)=NC(CC(=O)NCCCN2CCN(C(=O)OC(C)(C)C)CC2)CC(C)=C1C. The number of piperazine rings is 1. The molecule has 2 heterocycles. The molecular weight excluding hydrogens is 488 g/mol. The number of carbonyl (C=O) groups is 2. The topological polar surface area (TPSA) is 74.2 Å². The summed E-state index contributed by atoms with van der Waals surface area (Å²) in [5.41, 5.74) is 4.54. The molecule has 0 spiro atoms. The van der Waals surface area contributed by atoms with Gasteiger partial charge in [0.05, 0.1) is 11.8 Å². The van der Waals surface area contributed by atoms with Crippen molar-refractivity contribution in [3.05, 3.63) is 58.1 Å². The molecule has 1 fully saturated rings. The van der Waals surface area contributed by atoms with Crippen LogP contribution in [0.1, 0.15) is 59.4 Å². The molecule has 1 aromatic carbocycles. The Kier molecular flexibility index (Phi) is 9.96. The third kappa shape index (κ3) is 8.71. The molecule has 2 amide bonds. The molecule has 202 valence electrons. The zero-order valence-corrected chi connectivity index (χ0v) is 23.7. The first kappa shape index (κ1) is 28.9. The molecule has 2 aliphatic rings. The normalized spacial score (nSPS) is 19.4. The monoisotopic (exact) mass is 528 g/mol. The van der Waals surface area contributed by atoms with E-state index < -0.39 is 5.60 Å². The Labute approximate surface area is 226 Å². The van der Waals surface area contributed by atoms with E-state index in [9.17, 15) is 9.59 Å². The second-order valence-electron chi connectivity index (χ2n) is 10.9. The van der Waals surface area contributed by atoms with Gasteiger partial charge >= 0.3 is 6.09 Å². The fourth-order valence-electron chi connectivity index (χ4n) is 4.52. The molecule has 0 saturated carbocycles. The molecule has 8 heteroatoms. The Hall–Kier alpha value is -2.64. The summed E-state index contributed by atoms with van der Waals surface area (Å²) in [5, 5.41) is 3.74. The van der Waals surface area contributed by atoms with Crippen LogP contribution in [0.4, 0.5) is 4.79 Å². The largest absolute Gasteiger partial charge is 0.444 e. The highest BCUT2D eigenvalue weighted by Crippen LogP contribution is 2.28. The van der Waals surface area contributed by atoms with E-state index in [1.165, 1.54) is 5.57 Å². The number of ether oxygens (including phenoxy) is 1. The maximum atomic E-state index is 12.8. The van der Waals surface area contributed by atoms with E-state index in [-0.39, 0.29) is 18.0 Å². The third-order valence-electron chi connectivity index (χ3n) is 6.77. The van der Waals surface area contributed by atoms with Gasteiger partial charge < -0.3 is 15.0 Å². The number of amides is 2. The molecule has 37 heavy (non-hydrogen) atoms. The summed E-state index contributed by atoms with van der Waals surface area (Å²) < 4.78 is 5.46. The smallest absolute Gasteiger partial charge is 0.410 e. The van der Waals surface area contributed by atoms with Gasteiger partial charge in [0.15, 0.2) is 0 Å². The second kappa shape index (κ2) is 12.7. The van der Waals surface area contributed by atoms with E-state index in [2.05, 4.69) is 30.6 Å². The van der Waals surface area contributed by atoms with E-state index in [1.54, 1.807) is 4.90 Å². The van der Waals surface area contributed by atoms with E-state index in [4.69, 9.17) is 21.3 Å². The molecule has 0 bridgehead atoms. The summed E-state index contributed by atoms with van der Waals surface area (Å²) in [5.74, 6) is 0.0110. The Morgan fingerprint density at radius 2 is 1.78 bits per heavy atom. The van der Waals surface area contributed by atoms with Crippen molar-refractivity contribution in [1.82, 2.24) is 15.1 Å². The molecule has 7 nitrogen and oxygen atoms in total. The summed E-state index contributed by atoms with van der Waals surface area (Å²) in [6.45, 7) is 18.5. The lowest BCUT2D eigenvalue weighted by Gasteiger charge is -2.35. The number of halogens is 1. The van der Waals surface area contributed by atoms with Crippen LogP contribution in [0.25, 0.3) is 0 Å². The minimum atomic E-state index is -0.478. The molecule has 1 atom stereocenters. The minimum Gasteiger partial charge on any atom is -0.444 e. The quantitative estimate of drug-likeness (QED) is 0.491. The Bertz CT molecular complexity index is 1050. The average Bonchev–Trinajstić information content (AvgIpc) is 2.93. The molecular formula is C29H41ClN4O3. The zero-order valence-electron chi connectivity index (χ0n) is 22.9. The van der Waals surface area contributed by atoms with Crippen LogP contribution in [0, 0.1) is 0 Å². The summed E-state index contributed by atoms with van der Waals surface area (Å²) in [4.78, 5) is 34.0. The van der Waals surface area contributed by atoms with E-state index in [0.717, 1.165) is 54.9 Å². The molecule has 1 unspecified atom stereocenters. The van der Waals surface area contributed by atoms with Crippen molar-refractivity contribution in [1.29, 1.82) is 0 Å². The minimum absolute atomic E-state index is 0.0110. The molecule has 0 radical (unpaired) electrons. The molecule has 3 rings (SSSR count). The average molecular weight is 529 g/mol. The predicted molar refractivity (Wildman–Crippen MR) is 150 cm³/mol. The van der Waals surface area contributed by atoms with Gasteiger partial charge in [-0.25, -0.2) is 4.79 Å². The first-order valence-corrected chi connectivity index (χ1v) is 13.5. The van der Waals surface area contributed by atoms with Gasteiger partial charge in [-0.3, -0.25) is 14.7 Å². The van der Waals surface area contributed by atoms with Crippen LogP contribution >= 0.6 is 11.6 Å². The maximum Gasteiger partial charge on any atom is 0.410 e. The molecule has 1 saturated heterocycles. The van der Waals surface area contributed by atoms with Crippen molar-refractivity contribution in [3.8, 4) is 0 Å². The van der Waals surface area contributed by atoms with Crippen LogP contribution in [-0.2, 0) is 9.53 Å². The van der Waals surface area contributed by atoms with Gasteiger partial charge in [0, 0.05) is 49.7 Å². The van der Waals surface area contributed by atoms with Crippen molar-refractivity contribution in [2.45, 2.75) is 65.5 Å². The molecule has 2 aliphatic heterocycles. The van der Waals surface area contributed by atoms with Gasteiger partial charge in [0.2, 0.25) is 5.91 Å². The number of nitrogens with zero attached hydrogens (tertiary/aromatic N) is 3. The van der Waals surface area contributed by atoms with Gasteiger partial charge in [0.25, 0.3) is 0 Å². The summed E-state index contributed by atoms with van der Waals surface area (Å²) in [6.07, 6.45) is 1.68. The summed E-state index contributed by atoms with van der Waals surface area (Å²) >= 11 is 6.07. The maximum absolute atomic E-state index is 12.8. The van der Waals surface area contributed by atoms with Crippen molar-refractivity contribution in [3.63, 3.8) is 0 Å². The summed E-state index contributed by atoms with van der Waals surface area (Å²) in [7, 11) is 0. The molecule has 0 aromatic heterocycles. The Balaban J connectivity index is 1.45. The van der Waals surface area contributed by atoms with Crippen LogP contribution in [0.2, 0.25) is 5.02 Å². The van der Waals surface area contributed by atoms with Gasteiger partial charge in [0.1, 0.15) is 5.60 Å². The van der Waals surface area contributed by atoms with E-state index in [0.29, 0.717) is 31.1 Å². The number of benzene rings is 1. The zero-order chi connectivity index (χ0) is 27.2. The van der Waals surface area contributed by atoms with Gasteiger partial charge in [-0.1, -0.05) is 35.9 Å². The second-order valence-corrected chi connectivity index (χ2v) is 11.4. The molecule has 0 aliphatic carbocycles. The fourth-order valence-corrected chi connectivity index (χ4v) is 4.65. The van der Waals surface area contributed by atoms with Crippen LogP contribution in [0.3, 0.4) is 0 Å². The van der Waals surface area contributed by atoms with Crippen LogP contribution in [0.5, 0.6) is 0 Å². The first-order chi connectivity index (χ1) is 17.4. The van der Waals surface area contributed by atoms with Crippen molar-refractivity contribution in [2.75, 3.05) is 39.3 Å². The highest BCUT2D eigenvalue weighted by molar-refractivity contribution is 6.30.